The lowest BCUT2D eigenvalue weighted by molar-refractivity contribution is 0.243. The van der Waals surface area contributed by atoms with Gasteiger partial charge in [0.25, 0.3) is 0 Å². The largest absolute Gasteiger partial charge is 0.318 e. The van der Waals surface area contributed by atoms with Gasteiger partial charge in [0.15, 0.2) is 0 Å². The topological polar surface area (TPSA) is 28.2 Å². The molecular weight excluding hydrogens is 246 g/mol. The highest BCUT2D eigenvalue weighted by Crippen LogP contribution is 2.18. The van der Waals surface area contributed by atoms with Gasteiger partial charge in [-0.25, -0.2) is 0 Å². The van der Waals surface area contributed by atoms with E-state index in [0.717, 1.165) is 25.2 Å². The molecule has 0 amide bonds. The van der Waals surface area contributed by atoms with Gasteiger partial charge in [0.2, 0.25) is 0 Å². The van der Waals surface area contributed by atoms with Gasteiger partial charge in [-0.2, -0.15) is 0 Å². The Labute approximate surface area is 121 Å². The van der Waals surface area contributed by atoms with E-state index in [1.807, 2.05) is 25.4 Å². The molecule has 20 heavy (non-hydrogen) atoms. The zero-order valence-corrected chi connectivity index (χ0v) is 12.3. The number of hydrogen-bond donors (Lipinski definition) is 1. The fraction of sp³-hybridized carbons (Fsp3) is 0.353. The Hall–Kier alpha value is -1.71. The molecule has 1 heterocycles. The van der Waals surface area contributed by atoms with Crippen molar-refractivity contribution in [1.29, 1.82) is 0 Å². The maximum Gasteiger partial charge on any atom is 0.0469 e. The molecule has 1 aromatic heterocycles. The highest BCUT2D eigenvalue weighted by atomic mass is 15.1. The number of hydrogen-bond acceptors (Lipinski definition) is 3. The second kappa shape index (κ2) is 7.78. The van der Waals surface area contributed by atoms with Crippen LogP contribution in [0, 0.1) is 0 Å². The molecule has 0 spiro atoms. The van der Waals surface area contributed by atoms with E-state index in [2.05, 4.69) is 58.6 Å². The summed E-state index contributed by atoms with van der Waals surface area (Å²) in [5.74, 6) is 0. The average molecular weight is 269 g/mol. The molecule has 0 aliphatic carbocycles. The predicted octanol–water partition coefficient (Wildman–Crippen LogP) is 2.52. The maximum absolute atomic E-state index is 4.39. The van der Waals surface area contributed by atoms with Crippen LogP contribution in [0.15, 0.2) is 54.7 Å². The quantitative estimate of drug-likeness (QED) is 0.837. The van der Waals surface area contributed by atoms with Crippen LogP contribution in [0.1, 0.15) is 17.3 Å². The molecule has 0 saturated heterocycles. The van der Waals surface area contributed by atoms with E-state index < -0.39 is 0 Å². The summed E-state index contributed by atoms with van der Waals surface area (Å²) in [6.45, 7) is 1.95. The van der Waals surface area contributed by atoms with Crippen LogP contribution in [-0.4, -0.2) is 37.1 Å². The Bertz CT molecular complexity index is 484. The molecule has 1 aromatic carbocycles. The van der Waals surface area contributed by atoms with Gasteiger partial charge in [-0.1, -0.05) is 36.4 Å². The Morgan fingerprint density at radius 3 is 2.50 bits per heavy atom. The first-order valence-electron chi connectivity index (χ1n) is 7.11. The molecule has 1 atom stereocenters. The lowest BCUT2D eigenvalue weighted by atomic mass is 10.1. The first kappa shape index (κ1) is 14.7. The number of nitrogens with zero attached hydrogens (tertiary/aromatic N) is 2. The van der Waals surface area contributed by atoms with Gasteiger partial charge in [0.05, 0.1) is 0 Å². The first-order valence-corrected chi connectivity index (χ1v) is 7.11. The van der Waals surface area contributed by atoms with Crippen LogP contribution in [0.4, 0.5) is 0 Å². The van der Waals surface area contributed by atoms with E-state index in [0.29, 0.717) is 6.04 Å². The number of rotatable bonds is 7. The number of pyridine rings is 1. The highest BCUT2D eigenvalue weighted by Gasteiger charge is 2.15. The summed E-state index contributed by atoms with van der Waals surface area (Å²) in [6, 6.07) is 17.1. The SMILES string of the molecule is CNCC(c1ccccc1)N(C)CCc1ccccn1. The lowest BCUT2D eigenvalue weighted by Crippen LogP contribution is -2.33. The third-order valence-electron chi connectivity index (χ3n) is 3.56. The van der Waals surface area contributed by atoms with Crippen LogP contribution >= 0.6 is 0 Å². The van der Waals surface area contributed by atoms with E-state index in [-0.39, 0.29) is 0 Å². The van der Waals surface area contributed by atoms with Crippen molar-refractivity contribution in [2.45, 2.75) is 12.5 Å². The maximum atomic E-state index is 4.39. The van der Waals surface area contributed by atoms with Gasteiger partial charge in [0.1, 0.15) is 0 Å². The van der Waals surface area contributed by atoms with Crippen molar-refractivity contribution in [3.05, 3.63) is 66.0 Å². The number of aromatic nitrogens is 1. The molecule has 106 valence electrons. The number of likely N-dealkylation sites (N-methyl/N-ethyl adjacent to an activating group) is 2. The second-order valence-electron chi connectivity index (χ2n) is 5.04. The standard InChI is InChI=1S/C17H23N3/c1-18-14-17(15-8-4-3-5-9-15)20(2)13-11-16-10-6-7-12-19-16/h3-10,12,17-18H,11,13-14H2,1-2H3. The molecule has 0 aliphatic heterocycles. The summed E-state index contributed by atoms with van der Waals surface area (Å²) < 4.78 is 0. The van der Waals surface area contributed by atoms with Crippen molar-refractivity contribution in [1.82, 2.24) is 15.2 Å². The summed E-state index contributed by atoms with van der Waals surface area (Å²) in [5, 5.41) is 3.29. The molecule has 2 aromatic rings. The smallest absolute Gasteiger partial charge is 0.0469 e. The van der Waals surface area contributed by atoms with Gasteiger partial charge in [-0.3, -0.25) is 9.88 Å². The zero-order chi connectivity index (χ0) is 14.2. The molecule has 3 nitrogen and oxygen atoms in total. The van der Waals surface area contributed by atoms with Crippen molar-refractivity contribution in [3.63, 3.8) is 0 Å². The van der Waals surface area contributed by atoms with E-state index in [1.165, 1.54) is 5.56 Å². The minimum absolute atomic E-state index is 0.393. The summed E-state index contributed by atoms with van der Waals surface area (Å²) in [4.78, 5) is 6.78. The van der Waals surface area contributed by atoms with Crippen LogP contribution in [0.2, 0.25) is 0 Å². The number of nitrogens with one attached hydrogen (secondary N) is 1. The molecule has 0 aliphatic rings. The Morgan fingerprint density at radius 2 is 1.85 bits per heavy atom. The predicted molar refractivity (Wildman–Crippen MR) is 83.7 cm³/mol. The molecule has 1 unspecified atom stereocenters. The fourth-order valence-corrected chi connectivity index (χ4v) is 2.39. The van der Waals surface area contributed by atoms with Gasteiger partial charge >= 0.3 is 0 Å². The molecule has 0 saturated carbocycles. The van der Waals surface area contributed by atoms with E-state index in [4.69, 9.17) is 0 Å². The van der Waals surface area contributed by atoms with Gasteiger partial charge < -0.3 is 5.32 Å². The summed E-state index contributed by atoms with van der Waals surface area (Å²) >= 11 is 0. The normalized spacial score (nSPS) is 12.6. The lowest BCUT2D eigenvalue weighted by Gasteiger charge is -2.28. The second-order valence-corrected chi connectivity index (χ2v) is 5.04. The first-order chi connectivity index (χ1) is 9.81. The van der Waals surface area contributed by atoms with Crippen LogP contribution < -0.4 is 5.32 Å². The van der Waals surface area contributed by atoms with Crippen molar-refractivity contribution in [3.8, 4) is 0 Å². The minimum Gasteiger partial charge on any atom is -0.318 e. The van der Waals surface area contributed by atoms with Gasteiger partial charge in [-0.05, 0) is 31.8 Å². The van der Waals surface area contributed by atoms with E-state index >= 15 is 0 Å². The minimum atomic E-state index is 0.393. The van der Waals surface area contributed by atoms with Crippen molar-refractivity contribution in [2.24, 2.45) is 0 Å². The monoisotopic (exact) mass is 269 g/mol. The molecular formula is C17H23N3. The Morgan fingerprint density at radius 1 is 1.10 bits per heavy atom. The Kier molecular flexibility index (Phi) is 5.71. The summed E-state index contributed by atoms with van der Waals surface area (Å²) in [6.07, 6.45) is 2.84. The number of benzene rings is 1. The average Bonchev–Trinajstić information content (AvgIpc) is 2.52. The third kappa shape index (κ3) is 4.15. The molecule has 2 rings (SSSR count). The van der Waals surface area contributed by atoms with Gasteiger partial charge in [0, 0.05) is 37.4 Å². The van der Waals surface area contributed by atoms with Crippen LogP contribution in [0.3, 0.4) is 0 Å². The van der Waals surface area contributed by atoms with Gasteiger partial charge in [-0.15, -0.1) is 0 Å². The molecule has 1 N–H and O–H groups in total. The molecule has 0 bridgehead atoms. The third-order valence-corrected chi connectivity index (χ3v) is 3.56. The zero-order valence-electron chi connectivity index (χ0n) is 12.3. The Balaban J connectivity index is 1.99. The molecule has 3 heteroatoms. The van der Waals surface area contributed by atoms with Crippen molar-refractivity contribution < 1.29 is 0 Å². The highest BCUT2D eigenvalue weighted by molar-refractivity contribution is 5.19. The van der Waals surface area contributed by atoms with Crippen molar-refractivity contribution in [2.75, 3.05) is 27.2 Å². The molecule has 0 radical (unpaired) electrons. The van der Waals surface area contributed by atoms with Crippen LogP contribution in [-0.2, 0) is 6.42 Å². The summed E-state index contributed by atoms with van der Waals surface area (Å²) in [5.41, 5.74) is 2.50. The fourth-order valence-electron chi connectivity index (χ4n) is 2.39. The summed E-state index contributed by atoms with van der Waals surface area (Å²) in [7, 11) is 4.18. The van der Waals surface area contributed by atoms with E-state index in [9.17, 15) is 0 Å². The van der Waals surface area contributed by atoms with Crippen molar-refractivity contribution >= 4 is 0 Å². The van der Waals surface area contributed by atoms with E-state index in [1.54, 1.807) is 0 Å². The van der Waals surface area contributed by atoms with Crippen LogP contribution in [0.5, 0.6) is 0 Å². The molecule has 0 fully saturated rings. The van der Waals surface area contributed by atoms with Crippen LogP contribution in [0.25, 0.3) is 0 Å².